The average Bonchev–Trinajstić information content (AvgIpc) is 2.99. The third-order valence-electron chi connectivity index (χ3n) is 4.34. The van der Waals surface area contributed by atoms with Gasteiger partial charge >= 0.3 is 5.97 Å². The number of amides is 1. The van der Waals surface area contributed by atoms with E-state index in [1.807, 2.05) is 26.0 Å². The van der Waals surface area contributed by atoms with Crippen LogP contribution in [-0.4, -0.2) is 23.0 Å². The van der Waals surface area contributed by atoms with Gasteiger partial charge in [0.05, 0.1) is 5.69 Å². The smallest absolute Gasteiger partial charge is 0.375 e. The van der Waals surface area contributed by atoms with Gasteiger partial charge in [0.15, 0.2) is 11.3 Å². The standard InChI is InChI=1S/C20H19ClN2O4/c1-10-7-8-11(2)16-15(10)12(3)17(27-16)20(25)26-13(4)19(24)23-14-6-5-9-22-18(14)21/h5-9,13H,1-4H3,(H,23,24). The van der Waals surface area contributed by atoms with Crippen molar-refractivity contribution in [3.63, 3.8) is 0 Å². The second-order valence-corrected chi connectivity index (χ2v) is 6.70. The molecular weight excluding hydrogens is 368 g/mol. The quantitative estimate of drug-likeness (QED) is 0.523. The number of carbonyl (C=O) groups excluding carboxylic acids is 2. The van der Waals surface area contributed by atoms with Gasteiger partial charge in [-0.3, -0.25) is 4.79 Å². The van der Waals surface area contributed by atoms with Crippen molar-refractivity contribution >= 4 is 40.1 Å². The maximum Gasteiger partial charge on any atom is 0.375 e. The molecule has 3 rings (SSSR count). The van der Waals surface area contributed by atoms with Gasteiger partial charge in [0.2, 0.25) is 5.76 Å². The number of hydrogen-bond donors (Lipinski definition) is 1. The topological polar surface area (TPSA) is 81.4 Å². The fourth-order valence-corrected chi connectivity index (χ4v) is 3.02. The van der Waals surface area contributed by atoms with Crippen LogP contribution in [0.1, 0.15) is 34.2 Å². The highest BCUT2D eigenvalue weighted by atomic mass is 35.5. The van der Waals surface area contributed by atoms with E-state index in [1.165, 1.54) is 13.1 Å². The summed E-state index contributed by atoms with van der Waals surface area (Å²) in [7, 11) is 0. The Morgan fingerprint density at radius 1 is 1.19 bits per heavy atom. The first kappa shape index (κ1) is 18.9. The van der Waals surface area contributed by atoms with Gasteiger partial charge in [-0.25, -0.2) is 9.78 Å². The number of esters is 1. The van der Waals surface area contributed by atoms with E-state index in [9.17, 15) is 9.59 Å². The molecule has 7 heteroatoms. The third kappa shape index (κ3) is 3.66. The van der Waals surface area contributed by atoms with Crippen molar-refractivity contribution in [2.24, 2.45) is 0 Å². The first-order valence-corrected chi connectivity index (χ1v) is 8.79. The molecule has 1 aromatic carbocycles. The van der Waals surface area contributed by atoms with Gasteiger partial charge in [-0.1, -0.05) is 23.7 Å². The maximum absolute atomic E-state index is 12.6. The molecule has 27 heavy (non-hydrogen) atoms. The highest BCUT2D eigenvalue weighted by Gasteiger charge is 2.25. The number of anilines is 1. The lowest BCUT2D eigenvalue weighted by Crippen LogP contribution is -2.30. The molecular formula is C20H19ClN2O4. The summed E-state index contributed by atoms with van der Waals surface area (Å²) in [4.78, 5) is 28.7. The van der Waals surface area contributed by atoms with E-state index in [-0.39, 0.29) is 10.9 Å². The number of nitrogens with one attached hydrogen (secondary N) is 1. The van der Waals surface area contributed by atoms with Crippen molar-refractivity contribution in [1.29, 1.82) is 0 Å². The minimum absolute atomic E-state index is 0.0986. The van der Waals surface area contributed by atoms with Crippen molar-refractivity contribution in [3.8, 4) is 0 Å². The number of carbonyl (C=O) groups is 2. The van der Waals surface area contributed by atoms with Crippen molar-refractivity contribution in [2.75, 3.05) is 5.32 Å². The fraction of sp³-hybridized carbons (Fsp3) is 0.250. The zero-order valence-corrected chi connectivity index (χ0v) is 16.2. The number of halogens is 1. The van der Waals surface area contributed by atoms with Crippen LogP contribution in [-0.2, 0) is 9.53 Å². The minimum Gasteiger partial charge on any atom is -0.448 e. The Morgan fingerprint density at radius 3 is 2.56 bits per heavy atom. The molecule has 0 bridgehead atoms. The van der Waals surface area contributed by atoms with Gasteiger partial charge in [-0.15, -0.1) is 0 Å². The fourth-order valence-electron chi connectivity index (χ4n) is 2.85. The number of ether oxygens (including phenoxy) is 1. The molecule has 2 heterocycles. The molecule has 6 nitrogen and oxygen atoms in total. The Morgan fingerprint density at radius 2 is 1.89 bits per heavy atom. The zero-order valence-electron chi connectivity index (χ0n) is 15.4. The summed E-state index contributed by atoms with van der Waals surface area (Å²) < 4.78 is 11.0. The molecule has 0 aliphatic heterocycles. The summed E-state index contributed by atoms with van der Waals surface area (Å²) in [6.45, 7) is 7.14. The molecule has 0 saturated heterocycles. The van der Waals surface area contributed by atoms with Crippen LogP contribution in [0.5, 0.6) is 0 Å². The second kappa shape index (κ2) is 7.40. The van der Waals surface area contributed by atoms with Crippen LogP contribution in [0.2, 0.25) is 5.15 Å². The van der Waals surface area contributed by atoms with Gasteiger partial charge in [-0.2, -0.15) is 0 Å². The zero-order chi connectivity index (χ0) is 19.7. The van der Waals surface area contributed by atoms with Crippen molar-refractivity contribution in [2.45, 2.75) is 33.8 Å². The summed E-state index contributed by atoms with van der Waals surface area (Å²) >= 11 is 5.92. The molecule has 1 N–H and O–H groups in total. The molecule has 140 valence electrons. The number of rotatable bonds is 4. The number of aryl methyl sites for hydroxylation is 3. The number of furan rings is 1. The second-order valence-electron chi connectivity index (χ2n) is 6.34. The van der Waals surface area contributed by atoms with E-state index in [1.54, 1.807) is 19.1 Å². The van der Waals surface area contributed by atoms with Crippen molar-refractivity contribution in [3.05, 3.63) is 58.1 Å². The molecule has 0 radical (unpaired) electrons. The summed E-state index contributed by atoms with van der Waals surface area (Å²) in [5, 5.41) is 3.63. The molecule has 0 aliphatic rings. The van der Waals surface area contributed by atoms with E-state index in [0.717, 1.165) is 16.5 Å². The van der Waals surface area contributed by atoms with E-state index in [0.29, 0.717) is 16.8 Å². The van der Waals surface area contributed by atoms with E-state index < -0.39 is 18.0 Å². The monoisotopic (exact) mass is 386 g/mol. The Hall–Kier alpha value is -2.86. The maximum atomic E-state index is 12.6. The Labute approximate surface area is 161 Å². The summed E-state index contributed by atoms with van der Waals surface area (Å²) in [5.41, 5.74) is 3.62. The van der Waals surface area contributed by atoms with Gasteiger partial charge in [0.25, 0.3) is 5.91 Å². The summed E-state index contributed by atoms with van der Waals surface area (Å²) in [6, 6.07) is 7.16. The molecule has 0 spiro atoms. The summed E-state index contributed by atoms with van der Waals surface area (Å²) in [5.74, 6) is -1.11. The number of pyridine rings is 1. The average molecular weight is 387 g/mol. The van der Waals surface area contributed by atoms with E-state index in [2.05, 4.69) is 10.3 Å². The van der Waals surface area contributed by atoms with Crippen LogP contribution in [0.25, 0.3) is 11.0 Å². The molecule has 1 unspecified atom stereocenters. The van der Waals surface area contributed by atoms with Crippen LogP contribution in [0.3, 0.4) is 0 Å². The van der Waals surface area contributed by atoms with Gasteiger partial charge in [0.1, 0.15) is 5.58 Å². The molecule has 1 atom stereocenters. The van der Waals surface area contributed by atoms with Gasteiger partial charge in [0, 0.05) is 17.1 Å². The highest BCUT2D eigenvalue weighted by Crippen LogP contribution is 2.31. The molecule has 1 amide bonds. The van der Waals surface area contributed by atoms with Crippen LogP contribution >= 0.6 is 11.6 Å². The van der Waals surface area contributed by atoms with E-state index >= 15 is 0 Å². The van der Waals surface area contributed by atoms with E-state index in [4.69, 9.17) is 20.8 Å². The lowest BCUT2D eigenvalue weighted by atomic mass is 10.0. The van der Waals surface area contributed by atoms with Crippen LogP contribution in [0, 0.1) is 20.8 Å². The SMILES string of the molecule is Cc1ccc(C)c2c(C)c(C(=O)OC(C)C(=O)Nc3cccnc3Cl)oc12. The van der Waals surface area contributed by atoms with Gasteiger partial charge in [-0.05, 0) is 51.0 Å². The first-order valence-electron chi connectivity index (χ1n) is 8.41. The predicted octanol–water partition coefficient (Wildman–Crippen LogP) is 4.59. The largest absolute Gasteiger partial charge is 0.448 e. The lowest BCUT2D eigenvalue weighted by molar-refractivity contribution is -0.123. The van der Waals surface area contributed by atoms with Crippen LogP contribution in [0.4, 0.5) is 5.69 Å². The predicted molar refractivity (Wildman–Crippen MR) is 103 cm³/mol. The Balaban J connectivity index is 1.79. The molecule has 3 aromatic rings. The Kier molecular flexibility index (Phi) is 5.19. The minimum atomic E-state index is -1.04. The summed E-state index contributed by atoms with van der Waals surface area (Å²) in [6.07, 6.45) is 0.471. The molecule has 0 saturated carbocycles. The first-order chi connectivity index (χ1) is 12.8. The lowest BCUT2D eigenvalue weighted by Gasteiger charge is -2.13. The number of fused-ring (bicyclic) bond motifs is 1. The van der Waals surface area contributed by atoms with Crippen LogP contribution in [0.15, 0.2) is 34.9 Å². The number of nitrogens with zero attached hydrogens (tertiary/aromatic N) is 1. The molecule has 2 aromatic heterocycles. The van der Waals surface area contributed by atoms with Crippen molar-refractivity contribution < 1.29 is 18.7 Å². The number of benzene rings is 1. The number of aromatic nitrogens is 1. The van der Waals surface area contributed by atoms with Crippen molar-refractivity contribution in [1.82, 2.24) is 4.98 Å². The molecule has 0 aliphatic carbocycles. The number of hydrogen-bond acceptors (Lipinski definition) is 5. The van der Waals surface area contributed by atoms with Crippen LogP contribution < -0.4 is 5.32 Å². The normalized spacial score (nSPS) is 12.0. The van der Waals surface area contributed by atoms with Gasteiger partial charge < -0.3 is 14.5 Å². The Bertz CT molecular complexity index is 1040. The molecule has 0 fully saturated rings. The highest BCUT2D eigenvalue weighted by molar-refractivity contribution is 6.32. The third-order valence-corrected chi connectivity index (χ3v) is 4.64.